The van der Waals surface area contributed by atoms with Gasteiger partial charge in [0.1, 0.15) is 24.7 Å². The number of hydrogen-bond donors (Lipinski definition) is 1. The van der Waals surface area contributed by atoms with Crippen LogP contribution >= 0.6 is 0 Å². The van der Waals surface area contributed by atoms with Crippen LogP contribution in [0.3, 0.4) is 0 Å². The predicted octanol–water partition coefficient (Wildman–Crippen LogP) is 4.31. The molecule has 8 heteroatoms. The number of benzene rings is 3. The summed E-state index contributed by atoms with van der Waals surface area (Å²) < 4.78 is 37.1. The van der Waals surface area contributed by atoms with Gasteiger partial charge in [0.2, 0.25) is 15.9 Å². The second kappa shape index (κ2) is 11.6. The Morgan fingerprint density at radius 1 is 0.912 bits per heavy atom. The van der Waals surface area contributed by atoms with E-state index in [1.165, 1.54) is 0 Å². The maximum Gasteiger partial charge on any atom is 0.241 e. The fraction of sp³-hybridized carbons (Fsp3) is 0.269. The molecule has 1 atom stereocenters. The molecule has 0 radical (unpaired) electrons. The summed E-state index contributed by atoms with van der Waals surface area (Å²) in [5.74, 6) is 0.954. The first-order valence-electron chi connectivity index (χ1n) is 11.0. The highest BCUT2D eigenvalue weighted by Gasteiger charge is 2.22. The Kier molecular flexibility index (Phi) is 8.54. The topological polar surface area (TPSA) is 84.9 Å². The lowest BCUT2D eigenvalue weighted by molar-refractivity contribution is -0.120. The second-order valence-electron chi connectivity index (χ2n) is 7.83. The molecule has 0 spiro atoms. The quantitative estimate of drug-likeness (QED) is 0.440. The molecule has 3 rings (SSSR count). The normalized spacial score (nSPS) is 12.0. The monoisotopic (exact) mass is 482 g/mol. The Morgan fingerprint density at radius 3 is 2.09 bits per heavy atom. The Bertz CT molecular complexity index is 1160. The minimum Gasteiger partial charge on any atom is -0.494 e. The molecule has 7 nitrogen and oxygen atoms in total. The molecular formula is C26H30N2O5S. The van der Waals surface area contributed by atoms with Crippen LogP contribution in [0.4, 0.5) is 5.69 Å². The maximum absolute atomic E-state index is 12.7. The van der Waals surface area contributed by atoms with Crippen LogP contribution in [0.25, 0.3) is 0 Å². The molecular weight excluding hydrogens is 452 g/mol. The van der Waals surface area contributed by atoms with Crippen molar-refractivity contribution in [1.82, 2.24) is 5.32 Å². The van der Waals surface area contributed by atoms with Gasteiger partial charge in [0.25, 0.3) is 0 Å². The maximum atomic E-state index is 12.7. The van der Waals surface area contributed by atoms with E-state index in [2.05, 4.69) is 5.32 Å². The summed E-state index contributed by atoms with van der Waals surface area (Å²) in [7, 11) is -3.68. The van der Waals surface area contributed by atoms with E-state index >= 15 is 0 Å². The van der Waals surface area contributed by atoms with Gasteiger partial charge in [0, 0.05) is 0 Å². The highest BCUT2D eigenvalue weighted by Crippen LogP contribution is 2.23. The van der Waals surface area contributed by atoms with E-state index in [1.807, 2.05) is 68.4 Å². The highest BCUT2D eigenvalue weighted by atomic mass is 32.2. The van der Waals surface area contributed by atoms with E-state index in [4.69, 9.17) is 9.47 Å². The third-order valence-electron chi connectivity index (χ3n) is 5.13. The number of amides is 1. The predicted molar refractivity (Wildman–Crippen MR) is 134 cm³/mol. The van der Waals surface area contributed by atoms with Gasteiger partial charge in [-0.3, -0.25) is 9.10 Å². The molecule has 0 fully saturated rings. The van der Waals surface area contributed by atoms with Crippen LogP contribution < -0.4 is 19.1 Å². The summed E-state index contributed by atoms with van der Waals surface area (Å²) in [6, 6.07) is 23.5. The lowest BCUT2D eigenvalue weighted by atomic mass is 10.1. The number of anilines is 1. The van der Waals surface area contributed by atoms with Crippen molar-refractivity contribution in [3.05, 3.63) is 90.0 Å². The van der Waals surface area contributed by atoms with Crippen LogP contribution in [0, 0.1) is 0 Å². The smallest absolute Gasteiger partial charge is 0.241 e. The molecule has 0 bridgehead atoms. The van der Waals surface area contributed by atoms with E-state index in [1.54, 1.807) is 24.3 Å². The van der Waals surface area contributed by atoms with E-state index in [-0.39, 0.29) is 12.6 Å². The van der Waals surface area contributed by atoms with Crippen LogP contribution in [-0.4, -0.2) is 33.7 Å². The van der Waals surface area contributed by atoms with Gasteiger partial charge < -0.3 is 14.8 Å². The summed E-state index contributed by atoms with van der Waals surface area (Å²) in [5.41, 5.74) is 2.31. The number of ether oxygens (including phenoxy) is 2. The molecule has 0 aliphatic rings. The fourth-order valence-corrected chi connectivity index (χ4v) is 4.23. The Hall–Kier alpha value is -3.52. The van der Waals surface area contributed by atoms with Gasteiger partial charge in [0.15, 0.2) is 0 Å². The van der Waals surface area contributed by atoms with E-state index < -0.39 is 15.9 Å². The van der Waals surface area contributed by atoms with Crippen LogP contribution in [-0.2, 0) is 21.4 Å². The van der Waals surface area contributed by atoms with Gasteiger partial charge in [-0.05, 0) is 61.4 Å². The number of sulfonamides is 1. The summed E-state index contributed by atoms with van der Waals surface area (Å²) in [5, 5.41) is 2.86. The van der Waals surface area contributed by atoms with Gasteiger partial charge in [0.05, 0.1) is 24.6 Å². The van der Waals surface area contributed by atoms with Crippen molar-refractivity contribution in [2.45, 2.75) is 26.5 Å². The first-order valence-corrected chi connectivity index (χ1v) is 12.9. The van der Waals surface area contributed by atoms with Gasteiger partial charge in [-0.15, -0.1) is 0 Å². The fourth-order valence-electron chi connectivity index (χ4n) is 3.37. The average molecular weight is 483 g/mol. The van der Waals surface area contributed by atoms with Crippen molar-refractivity contribution >= 4 is 21.6 Å². The zero-order valence-electron chi connectivity index (χ0n) is 19.6. The number of carbonyl (C=O) groups excluding carboxylic acids is 1. The lowest BCUT2D eigenvalue weighted by Gasteiger charge is -2.23. The van der Waals surface area contributed by atoms with Crippen LogP contribution in [0.15, 0.2) is 78.9 Å². The highest BCUT2D eigenvalue weighted by molar-refractivity contribution is 7.92. The molecule has 34 heavy (non-hydrogen) atoms. The standard InChI is InChI=1S/C26H30N2O5S/c1-4-32-24-14-10-22(11-15-24)20(2)27-26(29)18-28(34(3,30)31)23-12-16-25(17-13-23)33-19-21-8-6-5-7-9-21/h5-17,20H,4,18-19H2,1-3H3,(H,27,29)/t20-/m1/s1. The molecule has 0 saturated carbocycles. The minimum absolute atomic E-state index is 0.293. The number of nitrogens with one attached hydrogen (secondary N) is 1. The summed E-state index contributed by atoms with van der Waals surface area (Å²) >= 11 is 0. The van der Waals surface area contributed by atoms with Crippen molar-refractivity contribution in [2.24, 2.45) is 0 Å². The molecule has 0 aliphatic heterocycles. The van der Waals surface area contributed by atoms with Crippen molar-refractivity contribution in [3.63, 3.8) is 0 Å². The molecule has 0 saturated heterocycles. The van der Waals surface area contributed by atoms with Crippen LogP contribution in [0.5, 0.6) is 11.5 Å². The molecule has 3 aromatic rings. The number of nitrogens with zero attached hydrogens (tertiary/aromatic N) is 1. The van der Waals surface area contributed by atoms with Gasteiger partial charge in [-0.25, -0.2) is 8.42 Å². The number of rotatable bonds is 11. The van der Waals surface area contributed by atoms with Gasteiger partial charge in [-0.1, -0.05) is 42.5 Å². The summed E-state index contributed by atoms with van der Waals surface area (Å²) in [4.78, 5) is 12.7. The second-order valence-corrected chi connectivity index (χ2v) is 9.74. The summed E-state index contributed by atoms with van der Waals surface area (Å²) in [6.07, 6.45) is 1.08. The number of hydrogen-bond acceptors (Lipinski definition) is 5. The SMILES string of the molecule is CCOc1ccc([C@@H](C)NC(=O)CN(c2ccc(OCc3ccccc3)cc2)S(C)(=O)=O)cc1. The third-order valence-corrected chi connectivity index (χ3v) is 6.27. The first kappa shape index (κ1) is 25.1. The molecule has 180 valence electrons. The van der Waals surface area contributed by atoms with Gasteiger partial charge >= 0.3 is 0 Å². The van der Waals surface area contributed by atoms with Crippen molar-refractivity contribution in [1.29, 1.82) is 0 Å². The number of carbonyl (C=O) groups is 1. The average Bonchev–Trinajstić information content (AvgIpc) is 2.82. The Morgan fingerprint density at radius 2 is 1.50 bits per heavy atom. The van der Waals surface area contributed by atoms with E-state index in [0.717, 1.165) is 27.4 Å². The van der Waals surface area contributed by atoms with Crippen LogP contribution in [0.2, 0.25) is 0 Å². The van der Waals surface area contributed by atoms with Crippen molar-refractivity contribution in [2.75, 3.05) is 23.7 Å². The van der Waals surface area contributed by atoms with Crippen LogP contribution in [0.1, 0.15) is 31.0 Å². The van der Waals surface area contributed by atoms with E-state index in [0.29, 0.717) is 24.7 Å². The van der Waals surface area contributed by atoms with Crippen molar-refractivity contribution in [3.8, 4) is 11.5 Å². The zero-order chi connectivity index (χ0) is 24.6. The largest absolute Gasteiger partial charge is 0.494 e. The zero-order valence-corrected chi connectivity index (χ0v) is 20.4. The molecule has 3 aromatic carbocycles. The molecule has 0 aliphatic carbocycles. The Labute approximate surface area is 201 Å². The minimum atomic E-state index is -3.68. The van der Waals surface area contributed by atoms with Crippen molar-refractivity contribution < 1.29 is 22.7 Å². The summed E-state index contributed by atoms with van der Waals surface area (Å²) in [6.45, 7) is 4.41. The molecule has 1 N–H and O–H groups in total. The lowest BCUT2D eigenvalue weighted by Crippen LogP contribution is -2.41. The molecule has 0 heterocycles. The third kappa shape index (κ3) is 7.25. The van der Waals surface area contributed by atoms with Gasteiger partial charge in [-0.2, -0.15) is 0 Å². The first-order chi connectivity index (χ1) is 16.3. The van der Waals surface area contributed by atoms with E-state index in [9.17, 15) is 13.2 Å². The molecule has 0 aromatic heterocycles. The molecule has 1 amide bonds. The molecule has 0 unspecified atom stereocenters. The Balaban J connectivity index is 1.63.